The summed E-state index contributed by atoms with van der Waals surface area (Å²) in [6, 6.07) is 8.93. The molecule has 4 heteroatoms. The van der Waals surface area contributed by atoms with Gasteiger partial charge in [0.25, 0.3) is 0 Å². The molecule has 1 aromatic heterocycles. The summed E-state index contributed by atoms with van der Waals surface area (Å²) < 4.78 is 4.72. The van der Waals surface area contributed by atoms with E-state index in [0.29, 0.717) is 11.3 Å². The van der Waals surface area contributed by atoms with E-state index in [1.807, 2.05) is 12.1 Å². The second kappa shape index (κ2) is 4.53. The third-order valence-corrected chi connectivity index (χ3v) is 2.19. The van der Waals surface area contributed by atoms with Gasteiger partial charge in [0.05, 0.1) is 18.4 Å². The van der Waals surface area contributed by atoms with Crippen molar-refractivity contribution >= 4 is 5.97 Å². The third kappa shape index (κ3) is 1.91. The number of aromatic nitrogens is 2. The number of hydrogen-bond acceptors (Lipinski definition) is 4. The van der Waals surface area contributed by atoms with Crippen LogP contribution in [0.3, 0.4) is 0 Å². The normalized spacial score (nSPS) is 9.81. The molecule has 0 saturated carbocycles. The summed E-state index contributed by atoms with van der Waals surface area (Å²) >= 11 is 0. The van der Waals surface area contributed by atoms with E-state index in [2.05, 4.69) is 9.97 Å². The Morgan fingerprint density at radius 2 is 2.06 bits per heavy atom. The number of esters is 1. The molecular formula is C12H10N2O2. The number of nitrogens with zero attached hydrogens (tertiary/aromatic N) is 2. The van der Waals surface area contributed by atoms with Crippen LogP contribution in [-0.4, -0.2) is 23.0 Å². The monoisotopic (exact) mass is 214 g/mol. The summed E-state index contributed by atoms with van der Waals surface area (Å²) in [5.74, 6) is -0.366. The van der Waals surface area contributed by atoms with E-state index in [1.54, 1.807) is 24.4 Å². The molecule has 4 nitrogen and oxygen atoms in total. The largest absolute Gasteiger partial charge is 0.465 e. The maximum absolute atomic E-state index is 11.5. The third-order valence-electron chi connectivity index (χ3n) is 2.19. The van der Waals surface area contributed by atoms with Gasteiger partial charge in [-0.15, -0.1) is 0 Å². The number of ether oxygens (including phenoxy) is 1. The van der Waals surface area contributed by atoms with Gasteiger partial charge < -0.3 is 4.74 Å². The van der Waals surface area contributed by atoms with Crippen molar-refractivity contribution in [2.75, 3.05) is 7.11 Å². The number of hydrogen-bond donors (Lipinski definition) is 0. The Bertz CT molecular complexity index is 497. The van der Waals surface area contributed by atoms with Crippen LogP contribution >= 0.6 is 0 Å². The van der Waals surface area contributed by atoms with Crippen LogP contribution in [0.5, 0.6) is 0 Å². The molecule has 0 spiro atoms. The molecule has 0 aliphatic rings. The van der Waals surface area contributed by atoms with Crippen molar-refractivity contribution in [1.82, 2.24) is 9.97 Å². The fourth-order valence-corrected chi connectivity index (χ4v) is 1.44. The topological polar surface area (TPSA) is 52.1 Å². The summed E-state index contributed by atoms with van der Waals surface area (Å²) in [6.45, 7) is 0. The van der Waals surface area contributed by atoms with Gasteiger partial charge in [0.1, 0.15) is 6.33 Å². The van der Waals surface area contributed by atoms with Crippen molar-refractivity contribution in [2.45, 2.75) is 0 Å². The van der Waals surface area contributed by atoms with Gasteiger partial charge in [-0.3, -0.25) is 0 Å². The summed E-state index contributed by atoms with van der Waals surface area (Å²) in [7, 11) is 1.36. The lowest BCUT2D eigenvalue weighted by molar-refractivity contribution is 0.0601. The minimum atomic E-state index is -0.366. The quantitative estimate of drug-likeness (QED) is 0.717. The molecular weight excluding hydrogens is 204 g/mol. The summed E-state index contributed by atoms with van der Waals surface area (Å²) in [5.41, 5.74) is 1.96. The van der Waals surface area contributed by atoms with Crippen LogP contribution in [0.4, 0.5) is 0 Å². The van der Waals surface area contributed by atoms with Crippen LogP contribution in [0, 0.1) is 0 Å². The molecule has 1 aromatic carbocycles. The lowest BCUT2D eigenvalue weighted by Gasteiger charge is -2.06. The number of benzene rings is 1. The van der Waals surface area contributed by atoms with Gasteiger partial charge in [0, 0.05) is 11.8 Å². The second-order valence-electron chi connectivity index (χ2n) is 3.13. The summed E-state index contributed by atoms with van der Waals surface area (Å²) in [5, 5.41) is 0. The molecule has 0 unspecified atom stereocenters. The first-order chi connectivity index (χ1) is 7.83. The molecule has 2 aromatic rings. The predicted octanol–water partition coefficient (Wildman–Crippen LogP) is 1.93. The second-order valence-corrected chi connectivity index (χ2v) is 3.13. The minimum Gasteiger partial charge on any atom is -0.465 e. The van der Waals surface area contributed by atoms with E-state index >= 15 is 0 Å². The molecule has 0 bridgehead atoms. The number of rotatable bonds is 2. The maximum atomic E-state index is 11.5. The number of carbonyl (C=O) groups excluding carboxylic acids is 1. The van der Waals surface area contributed by atoms with Gasteiger partial charge in [-0.05, 0) is 12.1 Å². The van der Waals surface area contributed by atoms with Crippen molar-refractivity contribution in [3.63, 3.8) is 0 Å². The highest BCUT2D eigenvalue weighted by Crippen LogP contribution is 2.21. The van der Waals surface area contributed by atoms with E-state index in [0.717, 1.165) is 5.56 Å². The number of methoxy groups -OCH3 is 1. The van der Waals surface area contributed by atoms with E-state index in [9.17, 15) is 4.79 Å². The van der Waals surface area contributed by atoms with Crippen LogP contribution in [-0.2, 0) is 4.74 Å². The summed E-state index contributed by atoms with van der Waals surface area (Å²) in [4.78, 5) is 19.5. The average molecular weight is 214 g/mol. The van der Waals surface area contributed by atoms with Crippen molar-refractivity contribution in [1.29, 1.82) is 0 Å². The zero-order chi connectivity index (χ0) is 11.4. The van der Waals surface area contributed by atoms with E-state index in [4.69, 9.17) is 4.74 Å². The zero-order valence-electron chi connectivity index (χ0n) is 8.75. The molecule has 0 atom stereocenters. The van der Waals surface area contributed by atoms with Crippen LogP contribution in [0.2, 0.25) is 0 Å². The Labute approximate surface area is 92.9 Å². The molecule has 0 fully saturated rings. The first-order valence-electron chi connectivity index (χ1n) is 4.76. The van der Waals surface area contributed by atoms with Gasteiger partial charge in [-0.25, -0.2) is 14.8 Å². The van der Waals surface area contributed by atoms with Crippen molar-refractivity contribution < 1.29 is 9.53 Å². The van der Waals surface area contributed by atoms with Gasteiger partial charge in [-0.2, -0.15) is 0 Å². The zero-order valence-corrected chi connectivity index (χ0v) is 8.75. The highest BCUT2D eigenvalue weighted by Gasteiger charge is 2.12. The molecule has 1 heterocycles. The minimum absolute atomic E-state index is 0.366. The lowest BCUT2D eigenvalue weighted by Crippen LogP contribution is -2.03. The first-order valence-corrected chi connectivity index (χ1v) is 4.76. The van der Waals surface area contributed by atoms with Gasteiger partial charge in [-0.1, -0.05) is 18.2 Å². The summed E-state index contributed by atoms with van der Waals surface area (Å²) in [6.07, 6.45) is 3.08. The smallest absolute Gasteiger partial charge is 0.338 e. The van der Waals surface area contributed by atoms with Crippen LogP contribution < -0.4 is 0 Å². The van der Waals surface area contributed by atoms with Crippen molar-refractivity contribution in [2.24, 2.45) is 0 Å². The highest BCUT2D eigenvalue weighted by molar-refractivity contribution is 5.96. The predicted molar refractivity (Wildman–Crippen MR) is 58.8 cm³/mol. The molecule has 0 N–H and O–H groups in total. The Morgan fingerprint density at radius 1 is 1.25 bits per heavy atom. The van der Waals surface area contributed by atoms with E-state index < -0.39 is 0 Å². The van der Waals surface area contributed by atoms with Crippen molar-refractivity contribution in [3.05, 3.63) is 48.4 Å². The Morgan fingerprint density at radius 3 is 2.75 bits per heavy atom. The fraction of sp³-hybridized carbons (Fsp3) is 0.0833. The van der Waals surface area contributed by atoms with Crippen LogP contribution in [0.25, 0.3) is 11.3 Å². The molecule has 0 saturated heterocycles. The molecule has 0 aliphatic carbocycles. The average Bonchev–Trinajstić information content (AvgIpc) is 2.39. The number of carbonyl (C=O) groups is 1. The van der Waals surface area contributed by atoms with Gasteiger partial charge in [0.15, 0.2) is 0 Å². The molecule has 0 amide bonds. The molecule has 2 rings (SSSR count). The molecule has 0 radical (unpaired) electrons. The van der Waals surface area contributed by atoms with E-state index in [1.165, 1.54) is 13.4 Å². The Hall–Kier alpha value is -2.23. The van der Waals surface area contributed by atoms with Crippen LogP contribution in [0.15, 0.2) is 42.9 Å². The lowest BCUT2D eigenvalue weighted by atomic mass is 10.0. The fourth-order valence-electron chi connectivity index (χ4n) is 1.44. The SMILES string of the molecule is COC(=O)c1ccccc1-c1ccncn1. The molecule has 80 valence electrons. The Balaban J connectivity index is 2.53. The van der Waals surface area contributed by atoms with Gasteiger partial charge in [0.2, 0.25) is 0 Å². The van der Waals surface area contributed by atoms with Crippen molar-refractivity contribution in [3.8, 4) is 11.3 Å². The van der Waals surface area contributed by atoms with Crippen LogP contribution in [0.1, 0.15) is 10.4 Å². The van der Waals surface area contributed by atoms with Gasteiger partial charge >= 0.3 is 5.97 Å². The molecule has 0 aliphatic heterocycles. The standard InChI is InChI=1S/C12H10N2O2/c1-16-12(15)10-5-3-2-4-9(10)11-6-7-13-8-14-11/h2-8H,1H3. The highest BCUT2D eigenvalue weighted by atomic mass is 16.5. The van der Waals surface area contributed by atoms with E-state index in [-0.39, 0.29) is 5.97 Å². The maximum Gasteiger partial charge on any atom is 0.338 e. The Kier molecular flexibility index (Phi) is 2.91. The first kappa shape index (κ1) is 10.3. The molecule has 16 heavy (non-hydrogen) atoms.